The van der Waals surface area contributed by atoms with Gasteiger partial charge in [-0.3, -0.25) is 9.59 Å². The fourth-order valence-corrected chi connectivity index (χ4v) is 5.02. The highest BCUT2D eigenvalue weighted by Gasteiger charge is 2.40. The second-order valence-electron chi connectivity index (χ2n) is 8.32. The van der Waals surface area contributed by atoms with Crippen LogP contribution in [0.15, 0.2) is 82.0 Å². The number of fused-ring (bicyclic) bond motifs is 1. The topological polar surface area (TPSA) is 73.8 Å². The van der Waals surface area contributed by atoms with Crippen LogP contribution in [0.5, 0.6) is 0 Å². The Hall–Kier alpha value is -3.03. The molecule has 34 heavy (non-hydrogen) atoms. The molecule has 0 aromatic heterocycles. The molecule has 0 bridgehead atoms. The fraction of sp³-hybridized carbons (Fsp3) is 0.269. The van der Waals surface area contributed by atoms with Crippen molar-refractivity contribution in [3.05, 3.63) is 87.6 Å². The Morgan fingerprint density at radius 3 is 2.53 bits per heavy atom. The lowest BCUT2D eigenvalue weighted by Crippen LogP contribution is -2.39. The number of aliphatic imine (C=N–C) groups is 1. The van der Waals surface area contributed by atoms with Crippen molar-refractivity contribution in [1.82, 2.24) is 10.2 Å². The Kier molecular flexibility index (Phi) is 7.44. The number of nitrogens with zero attached hydrogens (tertiary/aromatic N) is 2. The van der Waals surface area contributed by atoms with Crippen LogP contribution in [0.2, 0.25) is 5.02 Å². The number of hydrogen-bond donors (Lipinski definition) is 2. The Labute approximate surface area is 209 Å². The van der Waals surface area contributed by atoms with Crippen molar-refractivity contribution >= 4 is 46.0 Å². The van der Waals surface area contributed by atoms with Gasteiger partial charge in [0.15, 0.2) is 5.17 Å². The first kappa shape index (κ1) is 24.1. The summed E-state index contributed by atoms with van der Waals surface area (Å²) in [5, 5.41) is 9.34. The number of rotatable bonds is 7. The molecule has 2 amide bonds. The number of anilines is 1. The van der Waals surface area contributed by atoms with Crippen LogP contribution in [0.4, 0.5) is 5.69 Å². The molecule has 0 fully saturated rings. The molecule has 2 atom stereocenters. The third-order valence-corrected chi connectivity index (χ3v) is 6.96. The van der Waals surface area contributed by atoms with E-state index in [2.05, 4.69) is 10.6 Å². The minimum atomic E-state index is -0.439. The molecule has 2 aliphatic rings. The third-order valence-electron chi connectivity index (χ3n) is 5.82. The Balaban J connectivity index is 1.70. The van der Waals surface area contributed by atoms with E-state index in [-0.39, 0.29) is 24.3 Å². The summed E-state index contributed by atoms with van der Waals surface area (Å²) in [6, 6.07) is 16.5. The molecule has 6 nitrogen and oxygen atoms in total. The van der Waals surface area contributed by atoms with Gasteiger partial charge >= 0.3 is 0 Å². The van der Waals surface area contributed by atoms with E-state index >= 15 is 0 Å². The molecule has 2 N–H and O–H groups in total. The number of amides is 2. The van der Waals surface area contributed by atoms with Gasteiger partial charge in [-0.05, 0) is 55.5 Å². The number of carbonyl (C=O) groups is 2. The largest absolute Gasteiger partial charge is 0.353 e. The first-order chi connectivity index (χ1) is 16.4. The normalized spacial score (nSPS) is 18.1. The molecular weight excluding hydrogens is 468 g/mol. The summed E-state index contributed by atoms with van der Waals surface area (Å²) in [4.78, 5) is 33.0. The molecular formula is C26H27ClN4O2S. The molecule has 8 heteroatoms. The fourth-order valence-electron chi connectivity index (χ4n) is 3.93. The van der Waals surface area contributed by atoms with E-state index in [0.29, 0.717) is 22.0 Å². The standard InChI is InChI=1S/C26H27ClN4O2S/c1-4-16(2)28-22(32)14-21-15-34-26-29-17(3)23(25(33)30-20-8-6-5-7-9-20)24(31(21)26)18-10-12-19(27)13-11-18/h5-13,15-16,24H,4,14H2,1-3H3,(H,28,32)(H,30,33). The van der Waals surface area contributed by atoms with E-state index in [1.807, 2.05) is 85.7 Å². The highest BCUT2D eigenvalue weighted by Crippen LogP contribution is 2.44. The van der Waals surface area contributed by atoms with Gasteiger partial charge in [-0.15, -0.1) is 0 Å². The minimum absolute atomic E-state index is 0.0566. The lowest BCUT2D eigenvalue weighted by molar-refractivity contribution is -0.121. The summed E-state index contributed by atoms with van der Waals surface area (Å²) in [7, 11) is 0. The summed E-state index contributed by atoms with van der Waals surface area (Å²) < 4.78 is 0. The van der Waals surface area contributed by atoms with Crippen LogP contribution in [-0.2, 0) is 9.59 Å². The van der Waals surface area contributed by atoms with Gasteiger partial charge in [0, 0.05) is 22.4 Å². The van der Waals surface area contributed by atoms with Gasteiger partial charge in [0.25, 0.3) is 5.91 Å². The molecule has 4 rings (SSSR count). The predicted molar refractivity (Wildman–Crippen MR) is 139 cm³/mol. The van der Waals surface area contributed by atoms with Gasteiger partial charge in [-0.1, -0.05) is 60.6 Å². The number of halogens is 1. The first-order valence-electron chi connectivity index (χ1n) is 11.2. The highest BCUT2D eigenvalue weighted by molar-refractivity contribution is 8.16. The minimum Gasteiger partial charge on any atom is -0.353 e. The van der Waals surface area contributed by atoms with Gasteiger partial charge in [-0.2, -0.15) is 0 Å². The average molecular weight is 495 g/mol. The number of hydrogen-bond acceptors (Lipinski definition) is 5. The second kappa shape index (κ2) is 10.5. The number of carbonyl (C=O) groups excluding carboxylic acids is 2. The number of nitrogens with one attached hydrogen (secondary N) is 2. The number of thioether (sulfide) groups is 1. The number of amidine groups is 1. The number of para-hydroxylation sites is 1. The molecule has 2 aliphatic heterocycles. The van der Waals surface area contributed by atoms with Crippen molar-refractivity contribution in [3.8, 4) is 0 Å². The van der Waals surface area contributed by atoms with Gasteiger partial charge in [-0.25, -0.2) is 4.99 Å². The molecule has 2 aromatic carbocycles. The molecule has 2 unspecified atom stereocenters. The van der Waals surface area contributed by atoms with Crippen LogP contribution < -0.4 is 10.6 Å². The smallest absolute Gasteiger partial charge is 0.255 e. The van der Waals surface area contributed by atoms with Crippen LogP contribution in [0, 0.1) is 0 Å². The quantitative estimate of drug-likeness (QED) is 0.505. The van der Waals surface area contributed by atoms with Crippen LogP contribution in [0.3, 0.4) is 0 Å². The number of allylic oxidation sites excluding steroid dienone is 1. The summed E-state index contributed by atoms with van der Waals surface area (Å²) in [6.07, 6.45) is 1.06. The summed E-state index contributed by atoms with van der Waals surface area (Å²) >= 11 is 7.63. The molecule has 0 spiro atoms. The lowest BCUT2D eigenvalue weighted by Gasteiger charge is -2.36. The van der Waals surface area contributed by atoms with Gasteiger partial charge in [0.1, 0.15) is 0 Å². The molecule has 0 saturated carbocycles. The van der Waals surface area contributed by atoms with Crippen molar-refractivity contribution in [1.29, 1.82) is 0 Å². The zero-order valence-electron chi connectivity index (χ0n) is 19.3. The molecule has 2 aromatic rings. The maximum Gasteiger partial charge on any atom is 0.255 e. The SMILES string of the molecule is CCC(C)NC(=O)CC1=CSC2=NC(C)=C(C(=O)Nc3ccccc3)C(c3ccc(Cl)cc3)N12. The van der Waals surface area contributed by atoms with Crippen molar-refractivity contribution < 1.29 is 9.59 Å². The van der Waals surface area contributed by atoms with E-state index in [0.717, 1.165) is 22.8 Å². The van der Waals surface area contributed by atoms with Crippen LogP contribution in [-0.4, -0.2) is 27.9 Å². The summed E-state index contributed by atoms with van der Waals surface area (Å²) in [6.45, 7) is 5.87. The summed E-state index contributed by atoms with van der Waals surface area (Å²) in [5.74, 6) is -0.286. The first-order valence-corrected chi connectivity index (χ1v) is 12.5. The van der Waals surface area contributed by atoms with E-state index < -0.39 is 6.04 Å². The Bertz CT molecular complexity index is 1180. The monoisotopic (exact) mass is 494 g/mol. The maximum atomic E-state index is 13.5. The molecule has 176 valence electrons. The van der Waals surface area contributed by atoms with Gasteiger partial charge < -0.3 is 15.5 Å². The van der Waals surface area contributed by atoms with Crippen molar-refractivity contribution in [2.24, 2.45) is 4.99 Å². The lowest BCUT2D eigenvalue weighted by atomic mass is 9.93. The Morgan fingerprint density at radius 2 is 1.85 bits per heavy atom. The second-order valence-corrected chi connectivity index (χ2v) is 9.59. The number of benzene rings is 2. The van der Waals surface area contributed by atoms with E-state index in [1.165, 1.54) is 11.8 Å². The zero-order valence-corrected chi connectivity index (χ0v) is 20.9. The van der Waals surface area contributed by atoms with Gasteiger partial charge in [0.2, 0.25) is 5.91 Å². The maximum absolute atomic E-state index is 13.5. The summed E-state index contributed by atoms with van der Waals surface area (Å²) in [5.41, 5.74) is 3.58. The molecule has 0 radical (unpaired) electrons. The molecule has 0 saturated heterocycles. The highest BCUT2D eigenvalue weighted by atomic mass is 35.5. The predicted octanol–water partition coefficient (Wildman–Crippen LogP) is 5.86. The third kappa shape index (κ3) is 5.21. The molecule has 0 aliphatic carbocycles. The van der Waals surface area contributed by atoms with Crippen molar-refractivity contribution in [3.63, 3.8) is 0 Å². The molecule has 2 heterocycles. The van der Waals surface area contributed by atoms with E-state index in [1.54, 1.807) is 0 Å². The van der Waals surface area contributed by atoms with Crippen LogP contribution in [0.25, 0.3) is 0 Å². The van der Waals surface area contributed by atoms with Crippen molar-refractivity contribution in [2.45, 2.75) is 45.7 Å². The average Bonchev–Trinajstić information content (AvgIpc) is 3.20. The van der Waals surface area contributed by atoms with Gasteiger partial charge in [0.05, 0.1) is 23.7 Å². The van der Waals surface area contributed by atoms with Crippen LogP contribution >= 0.6 is 23.4 Å². The van der Waals surface area contributed by atoms with Crippen molar-refractivity contribution in [2.75, 3.05) is 5.32 Å². The zero-order chi connectivity index (χ0) is 24.2. The Morgan fingerprint density at radius 1 is 1.15 bits per heavy atom. The van der Waals surface area contributed by atoms with E-state index in [9.17, 15) is 9.59 Å². The van der Waals surface area contributed by atoms with Crippen LogP contribution in [0.1, 0.15) is 45.2 Å². The van der Waals surface area contributed by atoms with E-state index in [4.69, 9.17) is 16.6 Å².